The number of hydrogen-bond donors (Lipinski definition) is 3. The molecule has 0 aliphatic carbocycles. The lowest BCUT2D eigenvalue weighted by molar-refractivity contribution is 0.0736. The number of rotatable bonds is 6. The number of nitrogens with zero attached hydrogens (tertiary/aromatic N) is 7. The average molecular weight is 507 g/mol. The van der Waals surface area contributed by atoms with Crippen LogP contribution in [0, 0.1) is 6.92 Å². The standard InChI is InChI=1S/C27H26N10O/c1-18-4-2-5-21(30-18)24-34-25(22-6-3-15-37(22)35-24)32-23-11-12-29-27(33-23)31-20-9-7-19(8-10-20)26(38)36-16-13-28-14-17-36/h2-12,15,28H,13-14,16-17H2,1H3,(H2,29,31,32,33,34,35). The second-order valence-corrected chi connectivity index (χ2v) is 8.92. The molecular weight excluding hydrogens is 480 g/mol. The van der Waals surface area contributed by atoms with E-state index in [0.29, 0.717) is 34.7 Å². The summed E-state index contributed by atoms with van der Waals surface area (Å²) in [5.41, 5.74) is 3.82. The van der Waals surface area contributed by atoms with Crippen LogP contribution >= 0.6 is 0 Å². The molecule has 0 unspecified atom stereocenters. The molecule has 0 saturated carbocycles. The molecule has 4 aromatic heterocycles. The zero-order chi connectivity index (χ0) is 25.9. The quantitative estimate of drug-likeness (QED) is 0.318. The van der Waals surface area contributed by atoms with Crippen LogP contribution in [0.25, 0.3) is 17.0 Å². The highest BCUT2D eigenvalue weighted by molar-refractivity contribution is 5.94. The molecule has 11 heteroatoms. The first-order valence-corrected chi connectivity index (χ1v) is 12.4. The smallest absolute Gasteiger partial charge is 0.253 e. The number of fused-ring (bicyclic) bond motifs is 1. The number of carbonyl (C=O) groups excluding carboxylic acids is 1. The van der Waals surface area contributed by atoms with Gasteiger partial charge in [-0.15, -0.1) is 5.10 Å². The minimum atomic E-state index is 0.0438. The zero-order valence-corrected chi connectivity index (χ0v) is 20.8. The Morgan fingerprint density at radius 1 is 0.921 bits per heavy atom. The Labute approximate surface area is 219 Å². The van der Waals surface area contributed by atoms with Crippen LogP contribution in [0.4, 0.5) is 23.3 Å². The number of aromatic nitrogens is 6. The topological polar surface area (TPSA) is 125 Å². The number of pyridine rings is 1. The molecule has 6 rings (SSSR count). The largest absolute Gasteiger partial charge is 0.336 e. The van der Waals surface area contributed by atoms with Crippen molar-refractivity contribution in [2.45, 2.75) is 6.92 Å². The van der Waals surface area contributed by atoms with Gasteiger partial charge in [0.25, 0.3) is 5.91 Å². The van der Waals surface area contributed by atoms with E-state index in [1.165, 1.54) is 0 Å². The van der Waals surface area contributed by atoms with Gasteiger partial charge >= 0.3 is 0 Å². The third-order valence-corrected chi connectivity index (χ3v) is 6.20. The highest BCUT2D eigenvalue weighted by Gasteiger charge is 2.18. The second-order valence-electron chi connectivity index (χ2n) is 8.92. The predicted octanol–water partition coefficient (Wildman–Crippen LogP) is 3.42. The number of hydrogen-bond acceptors (Lipinski definition) is 9. The monoisotopic (exact) mass is 506 g/mol. The van der Waals surface area contributed by atoms with Crippen molar-refractivity contribution in [2.24, 2.45) is 0 Å². The first-order chi connectivity index (χ1) is 18.6. The molecule has 190 valence electrons. The summed E-state index contributed by atoms with van der Waals surface area (Å²) in [7, 11) is 0. The van der Waals surface area contributed by atoms with Gasteiger partial charge in [-0.1, -0.05) is 6.07 Å². The fourth-order valence-electron chi connectivity index (χ4n) is 4.29. The van der Waals surface area contributed by atoms with Gasteiger partial charge in [0.05, 0.1) is 0 Å². The van der Waals surface area contributed by atoms with Crippen molar-refractivity contribution in [3.05, 3.63) is 84.3 Å². The molecule has 0 atom stereocenters. The Morgan fingerprint density at radius 3 is 2.58 bits per heavy atom. The van der Waals surface area contributed by atoms with E-state index in [9.17, 15) is 4.79 Å². The molecular formula is C27H26N10O. The summed E-state index contributed by atoms with van der Waals surface area (Å²) >= 11 is 0. The van der Waals surface area contributed by atoms with Crippen molar-refractivity contribution in [1.29, 1.82) is 0 Å². The summed E-state index contributed by atoms with van der Waals surface area (Å²) in [5.74, 6) is 2.13. The average Bonchev–Trinajstić information content (AvgIpc) is 3.43. The van der Waals surface area contributed by atoms with Gasteiger partial charge in [-0.3, -0.25) is 4.79 Å². The molecule has 0 bridgehead atoms. The molecule has 5 heterocycles. The zero-order valence-electron chi connectivity index (χ0n) is 20.8. The fraction of sp³-hybridized carbons (Fsp3) is 0.185. The van der Waals surface area contributed by atoms with E-state index in [0.717, 1.165) is 43.1 Å². The number of aryl methyl sites for hydroxylation is 1. The van der Waals surface area contributed by atoms with E-state index in [-0.39, 0.29) is 5.91 Å². The number of amides is 1. The van der Waals surface area contributed by atoms with E-state index in [4.69, 9.17) is 4.98 Å². The third-order valence-electron chi connectivity index (χ3n) is 6.20. The van der Waals surface area contributed by atoms with Gasteiger partial charge in [0.15, 0.2) is 5.82 Å². The number of nitrogens with one attached hydrogen (secondary N) is 3. The summed E-state index contributed by atoms with van der Waals surface area (Å²) in [6.07, 6.45) is 3.53. The summed E-state index contributed by atoms with van der Waals surface area (Å²) < 4.78 is 1.76. The Bertz CT molecular complexity index is 1590. The van der Waals surface area contributed by atoms with Gasteiger partial charge in [0.2, 0.25) is 11.8 Å². The summed E-state index contributed by atoms with van der Waals surface area (Å²) in [5, 5.41) is 14.4. The minimum Gasteiger partial charge on any atom is -0.336 e. The number of anilines is 4. The minimum absolute atomic E-state index is 0.0438. The van der Waals surface area contributed by atoms with Crippen LogP contribution in [-0.4, -0.2) is 66.5 Å². The summed E-state index contributed by atoms with van der Waals surface area (Å²) in [6, 6.07) is 18.7. The lowest BCUT2D eigenvalue weighted by Gasteiger charge is -2.27. The van der Waals surface area contributed by atoms with Crippen molar-refractivity contribution in [3.63, 3.8) is 0 Å². The van der Waals surface area contributed by atoms with E-state index >= 15 is 0 Å². The van der Waals surface area contributed by atoms with Gasteiger partial charge in [0, 0.05) is 55.5 Å². The van der Waals surface area contributed by atoms with Gasteiger partial charge in [-0.2, -0.15) is 4.98 Å². The van der Waals surface area contributed by atoms with Crippen molar-refractivity contribution < 1.29 is 4.79 Å². The third kappa shape index (κ3) is 5.00. The number of benzene rings is 1. The Hall–Kier alpha value is -4.90. The lowest BCUT2D eigenvalue weighted by Crippen LogP contribution is -2.46. The van der Waals surface area contributed by atoms with Crippen molar-refractivity contribution in [2.75, 3.05) is 36.8 Å². The normalized spacial score (nSPS) is 13.4. The van der Waals surface area contributed by atoms with Crippen molar-refractivity contribution >= 4 is 34.7 Å². The van der Waals surface area contributed by atoms with Gasteiger partial charge in [0.1, 0.15) is 17.0 Å². The van der Waals surface area contributed by atoms with Crippen LogP contribution in [-0.2, 0) is 0 Å². The van der Waals surface area contributed by atoms with Gasteiger partial charge in [-0.25, -0.2) is 19.5 Å². The molecule has 0 spiro atoms. The van der Waals surface area contributed by atoms with Crippen LogP contribution in [0.2, 0.25) is 0 Å². The van der Waals surface area contributed by atoms with E-state index in [1.54, 1.807) is 16.8 Å². The van der Waals surface area contributed by atoms with Gasteiger partial charge in [-0.05, 0) is 61.5 Å². The first-order valence-electron chi connectivity index (χ1n) is 12.4. The maximum atomic E-state index is 12.7. The first kappa shape index (κ1) is 23.5. The SMILES string of the molecule is Cc1cccc(-c2nc(Nc3ccnc(Nc4ccc(C(=O)N5CCNCC5)cc4)n3)c3cccn3n2)n1. The Kier molecular flexibility index (Phi) is 6.32. The molecule has 38 heavy (non-hydrogen) atoms. The molecule has 1 aliphatic heterocycles. The Balaban J connectivity index is 1.21. The van der Waals surface area contributed by atoms with Crippen LogP contribution in [0.5, 0.6) is 0 Å². The number of carbonyl (C=O) groups is 1. The molecule has 5 aromatic rings. The molecule has 1 fully saturated rings. The molecule has 3 N–H and O–H groups in total. The van der Waals surface area contributed by atoms with E-state index < -0.39 is 0 Å². The second kappa shape index (κ2) is 10.2. The highest BCUT2D eigenvalue weighted by Crippen LogP contribution is 2.23. The van der Waals surface area contributed by atoms with Crippen LogP contribution in [0.15, 0.2) is 73.1 Å². The molecule has 1 aliphatic rings. The molecule has 11 nitrogen and oxygen atoms in total. The molecule has 1 saturated heterocycles. The van der Waals surface area contributed by atoms with Crippen LogP contribution in [0.1, 0.15) is 16.1 Å². The number of piperazine rings is 1. The van der Waals surface area contributed by atoms with Crippen molar-refractivity contribution in [1.82, 2.24) is 39.8 Å². The molecule has 1 aromatic carbocycles. The van der Waals surface area contributed by atoms with Gasteiger partial charge < -0.3 is 20.9 Å². The molecule has 0 radical (unpaired) electrons. The van der Waals surface area contributed by atoms with E-state index in [1.807, 2.05) is 72.6 Å². The van der Waals surface area contributed by atoms with Crippen LogP contribution < -0.4 is 16.0 Å². The summed E-state index contributed by atoms with van der Waals surface area (Å²) in [6.45, 7) is 5.02. The fourth-order valence-corrected chi connectivity index (χ4v) is 4.29. The maximum Gasteiger partial charge on any atom is 0.253 e. The van der Waals surface area contributed by atoms with E-state index in [2.05, 4.69) is 36.0 Å². The predicted molar refractivity (Wildman–Crippen MR) is 145 cm³/mol. The van der Waals surface area contributed by atoms with Crippen molar-refractivity contribution in [3.8, 4) is 11.5 Å². The Morgan fingerprint density at radius 2 is 1.76 bits per heavy atom. The molecule has 1 amide bonds. The van der Waals surface area contributed by atoms with Crippen LogP contribution in [0.3, 0.4) is 0 Å². The lowest BCUT2D eigenvalue weighted by atomic mass is 10.1. The highest BCUT2D eigenvalue weighted by atomic mass is 16.2. The maximum absolute atomic E-state index is 12.7. The summed E-state index contributed by atoms with van der Waals surface area (Å²) in [4.78, 5) is 32.8.